The summed E-state index contributed by atoms with van der Waals surface area (Å²) in [4.78, 5) is 9.50. The van der Waals surface area contributed by atoms with Gasteiger partial charge in [0, 0.05) is 0 Å². The quantitative estimate of drug-likeness (QED) is 0.289. The third kappa shape index (κ3) is 4.96. The van der Waals surface area contributed by atoms with Crippen molar-refractivity contribution in [1.29, 1.82) is 0 Å². The summed E-state index contributed by atoms with van der Waals surface area (Å²) in [5, 5.41) is 9.36. The lowest BCUT2D eigenvalue weighted by Gasteiger charge is -1.97. The number of nitrogens with one attached hydrogen (secondary N) is 2. The Bertz CT molecular complexity index is 99.9. The molecule has 0 saturated carbocycles. The minimum absolute atomic E-state index is 0.144. The summed E-state index contributed by atoms with van der Waals surface area (Å²) in [6.07, 6.45) is -1.47. The molecule has 0 fully saturated rings. The van der Waals surface area contributed by atoms with Gasteiger partial charge < -0.3 is 5.73 Å². The van der Waals surface area contributed by atoms with E-state index in [1.807, 2.05) is 5.43 Å². The summed E-state index contributed by atoms with van der Waals surface area (Å²) in [6.45, 7) is 0. The van der Waals surface area contributed by atoms with Crippen molar-refractivity contribution < 1.29 is 9.90 Å². The molecule has 0 rings (SSSR count). The van der Waals surface area contributed by atoms with Crippen molar-refractivity contribution in [2.45, 2.75) is 0 Å². The van der Waals surface area contributed by atoms with Crippen LogP contribution in [0.4, 0.5) is 4.79 Å². The highest BCUT2D eigenvalue weighted by Gasteiger charge is 1.92. The summed E-state index contributed by atoms with van der Waals surface area (Å²) in [6, 6.07) is 0. The van der Waals surface area contributed by atoms with E-state index in [4.69, 9.17) is 5.73 Å². The highest BCUT2D eigenvalue weighted by molar-refractivity contribution is 7.80. The molecule has 1 radical (unpaired) electrons. The first kappa shape index (κ1) is 6.96. The molecule has 8 heavy (non-hydrogen) atoms. The molecule has 0 heterocycles. The third-order valence-electron chi connectivity index (χ3n) is 0.288. The van der Waals surface area contributed by atoms with Gasteiger partial charge in [0.25, 0.3) is 0 Å². The van der Waals surface area contributed by atoms with Crippen molar-refractivity contribution in [2.75, 3.05) is 0 Å². The van der Waals surface area contributed by atoms with Crippen molar-refractivity contribution in [3.63, 3.8) is 0 Å². The maximum absolute atomic E-state index is 9.50. The van der Waals surface area contributed by atoms with Gasteiger partial charge in [-0.05, 0) is 12.2 Å². The zero-order valence-electron chi connectivity index (χ0n) is 3.80. The van der Waals surface area contributed by atoms with Gasteiger partial charge >= 0.3 is 6.09 Å². The van der Waals surface area contributed by atoms with Gasteiger partial charge in [-0.15, -0.1) is 0 Å². The van der Waals surface area contributed by atoms with Crippen LogP contribution in [0.15, 0.2) is 0 Å². The van der Waals surface area contributed by atoms with Gasteiger partial charge in [-0.25, -0.2) is 15.3 Å². The molecule has 0 aliphatic rings. The van der Waals surface area contributed by atoms with Crippen molar-refractivity contribution in [1.82, 2.24) is 10.9 Å². The number of amides is 1. The van der Waals surface area contributed by atoms with Gasteiger partial charge in [0.15, 0.2) is 5.11 Å². The minimum Gasteiger partial charge on any atom is -0.375 e. The van der Waals surface area contributed by atoms with Gasteiger partial charge in [0.2, 0.25) is 0 Å². The third-order valence-corrected chi connectivity index (χ3v) is 0.390. The summed E-state index contributed by atoms with van der Waals surface area (Å²) in [5.41, 5.74) is 8.38. The van der Waals surface area contributed by atoms with E-state index in [0.717, 1.165) is 0 Å². The Kier molecular flexibility index (Phi) is 2.63. The fraction of sp³-hybridized carbons (Fsp3) is 0. The molecule has 1 amide bonds. The van der Waals surface area contributed by atoms with Crippen LogP contribution >= 0.6 is 12.2 Å². The highest BCUT2D eigenvalue weighted by atomic mass is 32.1. The molecular weight excluding hydrogens is 130 g/mol. The Hall–Kier alpha value is -1.04. The molecule has 5 nitrogen and oxygen atoms in total. The summed E-state index contributed by atoms with van der Waals surface area (Å²) in [5.74, 6) is 0. The first-order valence-corrected chi connectivity index (χ1v) is 2.06. The van der Waals surface area contributed by atoms with Crippen LogP contribution in [0.25, 0.3) is 0 Å². The number of hydrogen-bond acceptors (Lipinski definition) is 2. The maximum atomic E-state index is 9.50. The van der Waals surface area contributed by atoms with E-state index in [1.54, 1.807) is 5.43 Å². The Balaban J connectivity index is 3.18. The van der Waals surface area contributed by atoms with E-state index in [0.29, 0.717) is 0 Å². The number of hydrogen-bond donors (Lipinski definition) is 3. The van der Waals surface area contributed by atoms with Gasteiger partial charge in [0.05, 0.1) is 0 Å². The molecule has 0 atom stereocenters. The smallest absolute Gasteiger partial charge is 0.375 e. The maximum Gasteiger partial charge on any atom is 0.468 e. The average Bonchev–Trinajstić information content (AvgIpc) is 1.61. The minimum atomic E-state index is -1.47. The second kappa shape index (κ2) is 3.03. The lowest BCUT2D eigenvalue weighted by molar-refractivity contribution is 0.166. The van der Waals surface area contributed by atoms with Crippen molar-refractivity contribution >= 4 is 23.4 Å². The fourth-order valence-corrected chi connectivity index (χ4v) is 0.164. The van der Waals surface area contributed by atoms with E-state index in [1.165, 1.54) is 0 Å². The van der Waals surface area contributed by atoms with Crippen LogP contribution in [0.5, 0.6) is 0 Å². The van der Waals surface area contributed by atoms with E-state index in [2.05, 4.69) is 12.2 Å². The largest absolute Gasteiger partial charge is 0.468 e. The van der Waals surface area contributed by atoms with Crippen LogP contribution in [0.3, 0.4) is 0 Å². The fourth-order valence-electron chi connectivity index (χ4n) is 0.113. The number of nitrogens with two attached hydrogens (primary N) is 1. The molecule has 0 aromatic rings. The number of thiocarbonyl (C=S) groups is 1. The molecule has 0 bridgehead atoms. The molecule has 0 aromatic heterocycles. The molecule has 6 heteroatoms. The molecule has 0 saturated heterocycles. The monoisotopic (exact) mass is 134 g/mol. The van der Waals surface area contributed by atoms with Crippen LogP contribution in [0, 0.1) is 0 Å². The zero-order chi connectivity index (χ0) is 6.57. The molecule has 4 N–H and O–H groups in total. The average molecular weight is 134 g/mol. The zero-order valence-corrected chi connectivity index (χ0v) is 4.62. The van der Waals surface area contributed by atoms with E-state index in [9.17, 15) is 9.90 Å². The first-order valence-electron chi connectivity index (χ1n) is 1.65. The number of carbonyl (C=O) groups excluding carboxylic acids is 1. The van der Waals surface area contributed by atoms with E-state index >= 15 is 0 Å². The Morgan fingerprint density at radius 3 is 2.12 bits per heavy atom. The number of hydrazine groups is 1. The molecule has 0 aliphatic carbocycles. The molecular formula is C2H4N3O2S. The number of carbonyl (C=O) groups is 1. The Morgan fingerprint density at radius 2 is 2.00 bits per heavy atom. The van der Waals surface area contributed by atoms with Gasteiger partial charge in [-0.1, -0.05) is 0 Å². The normalized spacial score (nSPS) is 7.50. The van der Waals surface area contributed by atoms with Crippen LogP contribution in [-0.4, -0.2) is 11.2 Å². The lowest BCUT2D eigenvalue weighted by atomic mass is 11.1. The summed E-state index contributed by atoms with van der Waals surface area (Å²) >= 11 is 4.23. The molecule has 0 aromatic carbocycles. The first-order chi connectivity index (χ1) is 3.63. The van der Waals surface area contributed by atoms with Crippen molar-refractivity contribution in [2.24, 2.45) is 5.73 Å². The topological polar surface area (TPSA) is 87.0 Å². The highest BCUT2D eigenvalue weighted by Crippen LogP contribution is 1.55. The second-order valence-corrected chi connectivity index (χ2v) is 1.34. The molecule has 0 aliphatic heterocycles. The van der Waals surface area contributed by atoms with Gasteiger partial charge in [0.1, 0.15) is 0 Å². The standard InChI is InChI=1S/C2H4N3O2S/c3-1(8)4-5-2(6)7/h5H,(H3,3,4,8). The van der Waals surface area contributed by atoms with Crippen molar-refractivity contribution in [3.8, 4) is 0 Å². The Labute approximate surface area is 50.8 Å². The van der Waals surface area contributed by atoms with Gasteiger partial charge in [-0.3, -0.25) is 5.43 Å². The van der Waals surface area contributed by atoms with Crippen molar-refractivity contribution in [3.05, 3.63) is 0 Å². The molecule has 0 unspecified atom stereocenters. The Morgan fingerprint density at radius 1 is 1.50 bits per heavy atom. The molecule has 0 spiro atoms. The summed E-state index contributed by atoms with van der Waals surface area (Å²) in [7, 11) is 0. The van der Waals surface area contributed by atoms with E-state index in [-0.39, 0.29) is 5.11 Å². The van der Waals surface area contributed by atoms with Crippen LogP contribution < -0.4 is 16.6 Å². The van der Waals surface area contributed by atoms with E-state index < -0.39 is 6.09 Å². The predicted molar refractivity (Wildman–Crippen MR) is 29.1 cm³/mol. The van der Waals surface area contributed by atoms with Crippen LogP contribution in [-0.2, 0) is 5.11 Å². The SMILES string of the molecule is NC(=S)NNC([O])=O. The summed E-state index contributed by atoms with van der Waals surface area (Å²) < 4.78 is 0. The lowest BCUT2D eigenvalue weighted by Crippen LogP contribution is -2.43. The van der Waals surface area contributed by atoms with Crippen LogP contribution in [0.2, 0.25) is 0 Å². The second-order valence-electron chi connectivity index (χ2n) is 0.902. The van der Waals surface area contributed by atoms with Crippen LogP contribution in [0.1, 0.15) is 0 Å². The van der Waals surface area contributed by atoms with Gasteiger partial charge in [-0.2, -0.15) is 0 Å². The predicted octanol–water partition coefficient (Wildman–Crippen LogP) is -1.13. The molecule has 45 valence electrons. The number of rotatable bonds is 0.